The van der Waals surface area contributed by atoms with Gasteiger partial charge in [-0.2, -0.15) is 0 Å². The first-order valence-electron chi connectivity index (χ1n) is 12.7. The number of hydrogen-bond acceptors (Lipinski definition) is 4. The van der Waals surface area contributed by atoms with Crippen LogP contribution in [0.3, 0.4) is 0 Å². The topological polar surface area (TPSA) is 39.7 Å². The van der Waals surface area contributed by atoms with Crippen molar-refractivity contribution in [3.05, 3.63) is 119 Å². The summed E-state index contributed by atoms with van der Waals surface area (Å²) < 4.78 is 27.9. The Morgan fingerprint density at radius 2 is 1.61 bits per heavy atom. The maximum absolute atomic E-state index is 14.4. The van der Waals surface area contributed by atoms with E-state index >= 15 is 0 Å². The van der Waals surface area contributed by atoms with Gasteiger partial charge in [0.1, 0.15) is 11.6 Å². The molecule has 1 amide bonds. The molecule has 0 aliphatic carbocycles. The van der Waals surface area contributed by atoms with Crippen LogP contribution in [0.25, 0.3) is 11.3 Å². The largest absolute Gasteiger partial charge is 0.369 e. The van der Waals surface area contributed by atoms with Crippen molar-refractivity contribution < 1.29 is 13.6 Å². The molecule has 2 heterocycles. The smallest absolute Gasteiger partial charge is 0.254 e. The standard InChI is InChI=1S/C31H30F2N4O/c1-35-15-17-36(18-16-35)27-11-5-9-24(19-27)31(38)37(21-23-7-3-2-4-8-23)22-26-10-6-12-30(34-26)28-14-13-25(32)20-29(28)33/h2-14,19-20H,15-18,21-22H2,1H3. The number of halogens is 2. The minimum atomic E-state index is -0.674. The van der Waals surface area contributed by atoms with Gasteiger partial charge in [0.05, 0.1) is 17.9 Å². The van der Waals surface area contributed by atoms with Gasteiger partial charge in [0.2, 0.25) is 0 Å². The number of carbonyl (C=O) groups is 1. The predicted molar refractivity (Wildman–Crippen MR) is 146 cm³/mol. The van der Waals surface area contributed by atoms with Crippen molar-refractivity contribution in [1.82, 2.24) is 14.8 Å². The van der Waals surface area contributed by atoms with Gasteiger partial charge in [-0.1, -0.05) is 42.5 Å². The fourth-order valence-electron chi connectivity index (χ4n) is 4.70. The van der Waals surface area contributed by atoms with E-state index in [-0.39, 0.29) is 18.0 Å². The number of anilines is 1. The van der Waals surface area contributed by atoms with Crippen LogP contribution in [0, 0.1) is 11.6 Å². The van der Waals surface area contributed by atoms with Gasteiger partial charge >= 0.3 is 0 Å². The van der Waals surface area contributed by atoms with Crippen LogP contribution in [-0.2, 0) is 13.1 Å². The Kier molecular flexibility index (Phi) is 7.75. The van der Waals surface area contributed by atoms with Crippen LogP contribution in [0.2, 0.25) is 0 Å². The van der Waals surface area contributed by atoms with E-state index in [1.807, 2.05) is 60.7 Å². The third kappa shape index (κ3) is 6.06. The van der Waals surface area contributed by atoms with Gasteiger partial charge in [0.15, 0.2) is 0 Å². The zero-order valence-corrected chi connectivity index (χ0v) is 21.4. The summed E-state index contributed by atoms with van der Waals surface area (Å²) in [5.41, 5.74) is 3.87. The fourth-order valence-corrected chi connectivity index (χ4v) is 4.70. The fraction of sp³-hybridized carbons (Fsp3) is 0.226. The van der Waals surface area contributed by atoms with Crippen molar-refractivity contribution in [2.45, 2.75) is 13.1 Å². The molecule has 0 unspecified atom stereocenters. The highest BCUT2D eigenvalue weighted by Gasteiger charge is 2.20. The molecule has 3 aromatic carbocycles. The summed E-state index contributed by atoms with van der Waals surface area (Å²) in [5.74, 6) is -1.42. The normalized spacial score (nSPS) is 13.9. The van der Waals surface area contributed by atoms with Crippen LogP contribution < -0.4 is 4.90 Å². The molecule has 0 atom stereocenters. The van der Waals surface area contributed by atoms with Gasteiger partial charge in [-0.25, -0.2) is 8.78 Å². The molecule has 1 aliphatic heterocycles. The van der Waals surface area contributed by atoms with E-state index in [4.69, 9.17) is 0 Å². The van der Waals surface area contributed by atoms with Crippen molar-refractivity contribution in [3.63, 3.8) is 0 Å². The molecule has 38 heavy (non-hydrogen) atoms. The van der Waals surface area contributed by atoms with Gasteiger partial charge in [-0.15, -0.1) is 0 Å². The molecule has 0 radical (unpaired) electrons. The molecule has 1 aromatic heterocycles. The number of nitrogens with zero attached hydrogens (tertiary/aromatic N) is 4. The monoisotopic (exact) mass is 512 g/mol. The van der Waals surface area contributed by atoms with Crippen LogP contribution >= 0.6 is 0 Å². The Bertz CT molecular complexity index is 1400. The van der Waals surface area contributed by atoms with Gasteiger partial charge in [-0.3, -0.25) is 9.78 Å². The van der Waals surface area contributed by atoms with Crippen molar-refractivity contribution in [2.75, 3.05) is 38.1 Å². The summed E-state index contributed by atoms with van der Waals surface area (Å²) in [6, 6.07) is 26.3. The molecule has 5 nitrogen and oxygen atoms in total. The highest BCUT2D eigenvalue weighted by Crippen LogP contribution is 2.24. The molecule has 0 bridgehead atoms. The van der Waals surface area contributed by atoms with Crippen molar-refractivity contribution in [2.24, 2.45) is 0 Å². The Hall–Kier alpha value is -4.10. The third-order valence-corrected chi connectivity index (χ3v) is 6.83. The second kappa shape index (κ2) is 11.5. The van der Waals surface area contributed by atoms with E-state index in [1.54, 1.807) is 17.0 Å². The number of piperazine rings is 1. The Morgan fingerprint density at radius 1 is 0.842 bits per heavy atom. The molecule has 1 aliphatic rings. The van der Waals surface area contributed by atoms with E-state index in [9.17, 15) is 13.6 Å². The third-order valence-electron chi connectivity index (χ3n) is 6.83. The van der Waals surface area contributed by atoms with E-state index < -0.39 is 11.6 Å². The number of carbonyl (C=O) groups excluding carboxylic acids is 1. The van der Waals surface area contributed by atoms with Gasteiger partial charge in [-0.05, 0) is 55.1 Å². The second-order valence-electron chi connectivity index (χ2n) is 9.63. The Balaban J connectivity index is 1.42. The van der Waals surface area contributed by atoms with Crippen LogP contribution in [0.1, 0.15) is 21.6 Å². The highest BCUT2D eigenvalue weighted by atomic mass is 19.1. The zero-order valence-electron chi connectivity index (χ0n) is 21.4. The maximum atomic E-state index is 14.4. The van der Waals surface area contributed by atoms with E-state index in [0.29, 0.717) is 23.5 Å². The number of benzene rings is 3. The molecule has 1 saturated heterocycles. The lowest BCUT2D eigenvalue weighted by atomic mass is 10.1. The van der Waals surface area contributed by atoms with Crippen molar-refractivity contribution in [3.8, 4) is 11.3 Å². The lowest BCUT2D eigenvalue weighted by Crippen LogP contribution is -2.44. The number of rotatable bonds is 7. The summed E-state index contributed by atoms with van der Waals surface area (Å²) in [6.45, 7) is 4.43. The molecule has 5 rings (SSSR count). The Labute approximate surface area is 222 Å². The molecule has 194 valence electrons. The molecule has 0 saturated carbocycles. The molecule has 1 fully saturated rings. The second-order valence-corrected chi connectivity index (χ2v) is 9.63. The molecule has 0 N–H and O–H groups in total. The van der Waals surface area contributed by atoms with Crippen LogP contribution in [0.5, 0.6) is 0 Å². The van der Waals surface area contributed by atoms with E-state index in [0.717, 1.165) is 43.5 Å². The number of pyridine rings is 1. The summed E-state index contributed by atoms with van der Waals surface area (Å²) in [7, 11) is 2.12. The average Bonchev–Trinajstić information content (AvgIpc) is 2.93. The molecule has 4 aromatic rings. The summed E-state index contributed by atoms with van der Waals surface area (Å²) in [6.07, 6.45) is 0. The minimum Gasteiger partial charge on any atom is -0.369 e. The minimum absolute atomic E-state index is 0.106. The number of likely N-dealkylation sites (N-methyl/N-ethyl adjacent to an activating group) is 1. The first-order chi connectivity index (χ1) is 18.5. The van der Waals surface area contributed by atoms with Gasteiger partial charge in [0, 0.05) is 55.6 Å². The molecule has 7 heteroatoms. The Morgan fingerprint density at radius 3 is 2.37 bits per heavy atom. The van der Waals surface area contributed by atoms with Crippen LogP contribution in [-0.4, -0.2) is 53.9 Å². The summed E-state index contributed by atoms with van der Waals surface area (Å²) in [4.78, 5) is 24.8. The lowest BCUT2D eigenvalue weighted by Gasteiger charge is -2.34. The maximum Gasteiger partial charge on any atom is 0.254 e. The molecule has 0 spiro atoms. The zero-order chi connectivity index (χ0) is 26.5. The average molecular weight is 513 g/mol. The van der Waals surface area contributed by atoms with Gasteiger partial charge < -0.3 is 14.7 Å². The number of aromatic nitrogens is 1. The van der Waals surface area contributed by atoms with Crippen LogP contribution in [0.4, 0.5) is 14.5 Å². The number of hydrogen-bond donors (Lipinski definition) is 0. The van der Waals surface area contributed by atoms with E-state index in [2.05, 4.69) is 21.8 Å². The lowest BCUT2D eigenvalue weighted by molar-refractivity contribution is 0.0728. The summed E-state index contributed by atoms with van der Waals surface area (Å²) in [5, 5.41) is 0. The van der Waals surface area contributed by atoms with Crippen molar-refractivity contribution in [1.29, 1.82) is 0 Å². The quantitative estimate of drug-likeness (QED) is 0.322. The SMILES string of the molecule is CN1CCN(c2cccc(C(=O)N(Cc3ccccc3)Cc3cccc(-c4ccc(F)cc4F)n3)c2)CC1. The first kappa shape index (κ1) is 25.5. The molecular weight excluding hydrogens is 482 g/mol. The van der Waals surface area contributed by atoms with E-state index in [1.165, 1.54) is 12.1 Å². The predicted octanol–water partition coefficient (Wildman–Crippen LogP) is 5.62. The van der Waals surface area contributed by atoms with Gasteiger partial charge in [0.25, 0.3) is 5.91 Å². The summed E-state index contributed by atoms with van der Waals surface area (Å²) >= 11 is 0. The number of amides is 1. The highest BCUT2D eigenvalue weighted by molar-refractivity contribution is 5.95. The first-order valence-corrected chi connectivity index (χ1v) is 12.7. The van der Waals surface area contributed by atoms with Crippen LogP contribution in [0.15, 0.2) is 91.0 Å². The van der Waals surface area contributed by atoms with Crippen molar-refractivity contribution >= 4 is 11.6 Å². The molecular formula is C31H30F2N4O.